The van der Waals surface area contributed by atoms with Crippen molar-refractivity contribution in [2.45, 2.75) is 18.9 Å². The predicted molar refractivity (Wildman–Crippen MR) is 93.4 cm³/mol. The van der Waals surface area contributed by atoms with E-state index in [1.54, 1.807) is 35.2 Å². The molecule has 2 aromatic heterocycles. The van der Waals surface area contributed by atoms with Gasteiger partial charge in [-0.1, -0.05) is 18.2 Å². The quantitative estimate of drug-likeness (QED) is 0.712. The van der Waals surface area contributed by atoms with Crippen molar-refractivity contribution >= 4 is 16.8 Å². The van der Waals surface area contributed by atoms with E-state index in [4.69, 9.17) is 0 Å². The van der Waals surface area contributed by atoms with E-state index in [1.807, 2.05) is 28.8 Å². The van der Waals surface area contributed by atoms with E-state index in [2.05, 4.69) is 10.2 Å². The first-order valence-electron chi connectivity index (χ1n) is 8.37. The van der Waals surface area contributed by atoms with E-state index < -0.39 is 0 Å². The average molecular weight is 337 g/mol. The van der Waals surface area contributed by atoms with Gasteiger partial charge in [-0.3, -0.25) is 9.59 Å². The lowest BCUT2D eigenvalue weighted by Crippen LogP contribution is -2.41. The number of aromatic nitrogens is 4. The zero-order valence-electron chi connectivity index (χ0n) is 14.0. The largest absolute Gasteiger partial charge is 0.338 e. The normalized spacial score (nSPS) is 15.6. The highest BCUT2D eigenvalue weighted by Crippen LogP contribution is 2.23. The predicted octanol–water partition coefficient (Wildman–Crippen LogP) is 1.61. The fourth-order valence-corrected chi connectivity index (χ4v) is 3.51. The minimum atomic E-state index is -0.246. The van der Waals surface area contributed by atoms with Gasteiger partial charge in [0.05, 0.1) is 5.52 Å². The molecular formula is C18H19N5O2. The number of para-hydroxylation sites is 1. The average Bonchev–Trinajstić information content (AvgIpc) is 3.19. The molecule has 1 fully saturated rings. The third-order valence-electron chi connectivity index (χ3n) is 4.97. The highest BCUT2D eigenvalue weighted by atomic mass is 16.2. The Morgan fingerprint density at radius 3 is 2.52 bits per heavy atom. The molecule has 0 radical (unpaired) electrons. The van der Waals surface area contributed by atoms with Crippen LogP contribution in [-0.4, -0.2) is 43.2 Å². The third-order valence-corrected chi connectivity index (χ3v) is 4.97. The topological polar surface area (TPSA) is 73.0 Å². The number of aryl methyl sites for hydroxylation is 1. The van der Waals surface area contributed by atoms with Crippen LogP contribution >= 0.6 is 0 Å². The summed E-state index contributed by atoms with van der Waals surface area (Å²) in [6.07, 6.45) is 5.08. The van der Waals surface area contributed by atoms with Crippen LogP contribution in [-0.2, 0) is 7.05 Å². The van der Waals surface area contributed by atoms with Crippen LogP contribution in [0.4, 0.5) is 0 Å². The summed E-state index contributed by atoms with van der Waals surface area (Å²) in [5, 5.41) is 8.57. The van der Waals surface area contributed by atoms with Gasteiger partial charge in [-0.2, -0.15) is 0 Å². The van der Waals surface area contributed by atoms with Gasteiger partial charge in [0, 0.05) is 26.2 Å². The maximum atomic E-state index is 12.9. The summed E-state index contributed by atoms with van der Waals surface area (Å²) in [4.78, 5) is 27.3. The molecule has 7 nitrogen and oxygen atoms in total. The summed E-state index contributed by atoms with van der Waals surface area (Å²) in [7, 11) is 1.71. The first-order chi connectivity index (χ1) is 12.1. The van der Waals surface area contributed by atoms with E-state index in [1.165, 1.54) is 0 Å². The lowest BCUT2D eigenvalue weighted by Gasteiger charge is -2.32. The van der Waals surface area contributed by atoms with Crippen LogP contribution in [0.25, 0.3) is 10.9 Å². The van der Waals surface area contributed by atoms with Crippen LogP contribution in [0.5, 0.6) is 0 Å². The SMILES string of the molecule is Cn1c(=O)c(C(=O)N2CCC(n3cnnc3)CC2)cc2ccccc21. The second-order valence-corrected chi connectivity index (χ2v) is 6.41. The number of likely N-dealkylation sites (tertiary alicyclic amines) is 1. The number of hydrogen-bond donors (Lipinski definition) is 0. The van der Waals surface area contributed by atoms with Gasteiger partial charge in [-0.15, -0.1) is 10.2 Å². The van der Waals surface area contributed by atoms with E-state index >= 15 is 0 Å². The van der Waals surface area contributed by atoms with Crippen LogP contribution in [0.2, 0.25) is 0 Å². The Morgan fingerprint density at radius 2 is 1.80 bits per heavy atom. The number of amides is 1. The molecule has 0 atom stereocenters. The second kappa shape index (κ2) is 6.16. The number of carbonyl (C=O) groups excluding carboxylic acids is 1. The Hall–Kier alpha value is -2.96. The molecule has 1 saturated heterocycles. The molecule has 0 aliphatic carbocycles. The van der Waals surface area contributed by atoms with Crippen LogP contribution in [0.3, 0.4) is 0 Å². The molecule has 0 spiro atoms. The van der Waals surface area contributed by atoms with Gasteiger partial charge in [-0.25, -0.2) is 0 Å². The number of benzene rings is 1. The molecule has 1 aliphatic rings. The lowest BCUT2D eigenvalue weighted by molar-refractivity contribution is 0.0692. The Kier molecular flexibility index (Phi) is 3.83. The second-order valence-electron chi connectivity index (χ2n) is 6.41. The van der Waals surface area contributed by atoms with Gasteiger partial charge in [0.15, 0.2) is 0 Å². The van der Waals surface area contributed by atoms with E-state index in [-0.39, 0.29) is 17.0 Å². The van der Waals surface area contributed by atoms with E-state index in [9.17, 15) is 9.59 Å². The Balaban J connectivity index is 1.59. The van der Waals surface area contributed by atoms with Gasteiger partial charge in [0.1, 0.15) is 18.2 Å². The molecule has 25 heavy (non-hydrogen) atoms. The summed E-state index contributed by atoms with van der Waals surface area (Å²) < 4.78 is 3.53. The number of pyridine rings is 1. The maximum Gasteiger partial charge on any atom is 0.263 e. The fraction of sp³-hybridized carbons (Fsp3) is 0.333. The van der Waals surface area contributed by atoms with E-state index in [0.717, 1.165) is 23.7 Å². The maximum absolute atomic E-state index is 12.9. The monoisotopic (exact) mass is 337 g/mol. The standard InChI is InChI=1S/C18H19N5O2/c1-21-16-5-3-2-4-13(16)10-15(17(21)24)18(25)22-8-6-14(7-9-22)23-11-19-20-12-23/h2-5,10-12,14H,6-9H2,1H3. The van der Waals surface area contributed by atoms with Crippen molar-refractivity contribution < 1.29 is 4.79 Å². The Morgan fingerprint density at radius 1 is 1.12 bits per heavy atom. The van der Waals surface area contributed by atoms with E-state index in [0.29, 0.717) is 19.1 Å². The van der Waals surface area contributed by atoms with Crippen molar-refractivity contribution in [1.29, 1.82) is 0 Å². The minimum Gasteiger partial charge on any atom is -0.338 e. The molecule has 128 valence electrons. The molecule has 1 aromatic carbocycles. The molecule has 0 unspecified atom stereocenters. The molecule has 4 rings (SSSR count). The first-order valence-corrected chi connectivity index (χ1v) is 8.37. The number of nitrogens with zero attached hydrogens (tertiary/aromatic N) is 5. The first kappa shape index (κ1) is 15.6. The van der Waals surface area contributed by atoms with Crippen LogP contribution in [0.15, 0.2) is 47.8 Å². The number of rotatable bonds is 2. The zero-order valence-corrected chi connectivity index (χ0v) is 14.0. The van der Waals surface area contributed by atoms with Crippen molar-refractivity contribution in [3.05, 3.63) is 58.9 Å². The van der Waals surface area contributed by atoms with Crippen molar-refractivity contribution in [2.75, 3.05) is 13.1 Å². The summed E-state index contributed by atoms with van der Waals surface area (Å²) in [5.41, 5.74) is 0.823. The van der Waals surface area contributed by atoms with Gasteiger partial charge < -0.3 is 14.0 Å². The molecule has 0 saturated carbocycles. The molecule has 7 heteroatoms. The van der Waals surface area contributed by atoms with Gasteiger partial charge in [0.2, 0.25) is 0 Å². The van der Waals surface area contributed by atoms with Crippen molar-refractivity contribution in [2.24, 2.45) is 7.05 Å². The molecule has 3 aromatic rings. The fourth-order valence-electron chi connectivity index (χ4n) is 3.51. The van der Waals surface area contributed by atoms with Crippen molar-refractivity contribution in [3.8, 4) is 0 Å². The molecule has 0 bridgehead atoms. The third kappa shape index (κ3) is 2.71. The molecule has 1 aliphatic heterocycles. The summed E-state index contributed by atoms with van der Waals surface area (Å²) in [6, 6.07) is 9.62. The number of carbonyl (C=O) groups is 1. The smallest absolute Gasteiger partial charge is 0.263 e. The van der Waals surface area contributed by atoms with Crippen molar-refractivity contribution in [1.82, 2.24) is 24.2 Å². The van der Waals surface area contributed by atoms with Crippen LogP contribution in [0.1, 0.15) is 29.2 Å². The summed E-state index contributed by atoms with van der Waals surface area (Å²) >= 11 is 0. The van der Waals surface area contributed by atoms with Crippen LogP contribution < -0.4 is 5.56 Å². The molecule has 3 heterocycles. The van der Waals surface area contributed by atoms with Crippen molar-refractivity contribution in [3.63, 3.8) is 0 Å². The zero-order chi connectivity index (χ0) is 17.4. The molecule has 0 N–H and O–H groups in total. The lowest BCUT2D eigenvalue weighted by atomic mass is 10.0. The Bertz CT molecular complexity index is 969. The van der Waals surface area contributed by atoms with Crippen LogP contribution in [0, 0.1) is 0 Å². The highest BCUT2D eigenvalue weighted by Gasteiger charge is 2.26. The van der Waals surface area contributed by atoms with Gasteiger partial charge in [0.25, 0.3) is 11.5 Å². The minimum absolute atomic E-state index is 0.187. The highest BCUT2D eigenvalue weighted by molar-refractivity contribution is 5.97. The van der Waals surface area contributed by atoms with Gasteiger partial charge in [-0.05, 0) is 30.4 Å². The Labute approximate surface area is 144 Å². The number of fused-ring (bicyclic) bond motifs is 1. The number of piperidine rings is 1. The summed E-state index contributed by atoms with van der Waals surface area (Å²) in [5.74, 6) is -0.187. The number of hydrogen-bond acceptors (Lipinski definition) is 4. The molecule has 1 amide bonds. The van der Waals surface area contributed by atoms with Gasteiger partial charge >= 0.3 is 0 Å². The summed E-state index contributed by atoms with van der Waals surface area (Å²) in [6.45, 7) is 1.25. The molecular weight excluding hydrogens is 318 g/mol.